The molecule has 0 bridgehead atoms. The summed E-state index contributed by atoms with van der Waals surface area (Å²) in [5.74, 6) is 0.140. The standard InChI is InChI=1S/C15H19BrN2O4/c1-3-6-22-12-10(16)7-9(8-11(12)21-2)13(19)18-15(4-5-15)14(17)20/h7-8H,3-6H2,1-2H3,(H2,17,20)(H,18,19). The number of nitrogens with two attached hydrogens (primary N) is 1. The largest absolute Gasteiger partial charge is 0.493 e. The summed E-state index contributed by atoms with van der Waals surface area (Å²) in [4.78, 5) is 23.7. The van der Waals surface area contributed by atoms with Crippen molar-refractivity contribution < 1.29 is 19.1 Å². The van der Waals surface area contributed by atoms with E-state index in [0.717, 1.165) is 6.42 Å². The maximum Gasteiger partial charge on any atom is 0.252 e. The van der Waals surface area contributed by atoms with Crippen LogP contribution >= 0.6 is 15.9 Å². The molecule has 1 saturated carbocycles. The number of hydrogen-bond donors (Lipinski definition) is 2. The molecule has 0 aliphatic heterocycles. The molecular weight excluding hydrogens is 352 g/mol. The maximum absolute atomic E-state index is 12.3. The molecule has 0 saturated heterocycles. The Hall–Kier alpha value is -1.76. The molecule has 1 aliphatic carbocycles. The molecule has 6 nitrogen and oxygen atoms in total. The van der Waals surface area contributed by atoms with Crippen LogP contribution in [0.1, 0.15) is 36.5 Å². The Labute approximate surface area is 137 Å². The van der Waals surface area contributed by atoms with Gasteiger partial charge in [-0.15, -0.1) is 0 Å². The van der Waals surface area contributed by atoms with Gasteiger partial charge in [0.05, 0.1) is 18.2 Å². The van der Waals surface area contributed by atoms with Crippen LogP contribution < -0.4 is 20.5 Å². The van der Waals surface area contributed by atoms with E-state index in [9.17, 15) is 9.59 Å². The molecule has 2 rings (SSSR count). The Morgan fingerprint density at radius 3 is 2.59 bits per heavy atom. The smallest absolute Gasteiger partial charge is 0.252 e. The van der Waals surface area contributed by atoms with Gasteiger partial charge >= 0.3 is 0 Å². The highest BCUT2D eigenvalue weighted by molar-refractivity contribution is 9.10. The van der Waals surface area contributed by atoms with Crippen LogP contribution in [0.25, 0.3) is 0 Å². The summed E-state index contributed by atoms with van der Waals surface area (Å²) in [6, 6.07) is 3.22. The number of nitrogens with one attached hydrogen (secondary N) is 1. The lowest BCUT2D eigenvalue weighted by molar-refractivity contribution is -0.120. The lowest BCUT2D eigenvalue weighted by Crippen LogP contribution is -2.46. The Kier molecular flexibility index (Phi) is 4.95. The second-order valence-electron chi connectivity index (χ2n) is 5.24. The number of carbonyl (C=O) groups excluding carboxylic acids is 2. The third-order valence-electron chi connectivity index (χ3n) is 3.52. The molecule has 1 aromatic carbocycles. The Balaban J connectivity index is 2.23. The third kappa shape index (κ3) is 3.35. The highest BCUT2D eigenvalue weighted by Crippen LogP contribution is 2.38. The summed E-state index contributed by atoms with van der Waals surface area (Å²) in [5, 5.41) is 2.69. The zero-order valence-electron chi connectivity index (χ0n) is 12.6. The molecule has 0 aromatic heterocycles. The van der Waals surface area contributed by atoms with Gasteiger partial charge in [0.1, 0.15) is 5.54 Å². The minimum atomic E-state index is -0.895. The molecule has 0 unspecified atom stereocenters. The first kappa shape index (κ1) is 16.6. The van der Waals surface area contributed by atoms with E-state index < -0.39 is 11.4 Å². The number of halogens is 1. The Bertz CT molecular complexity index is 599. The van der Waals surface area contributed by atoms with E-state index in [1.807, 2.05) is 6.92 Å². The summed E-state index contributed by atoms with van der Waals surface area (Å²) in [7, 11) is 1.51. The molecule has 7 heteroatoms. The quantitative estimate of drug-likeness (QED) is 0.767. The molecule has 0 radical (unpaired) electrons. The molecule has 0 spiro atoms. The topological polar surface area (TPSA) is 90.6 Å². The van der Waals surface area contributed by atoms with E-state index in [1.54, 1.807) is 12.1 Å². The molecular formula is C15H19BrN2O4. The van der Waals surface area contributed by atoms with E-state index in [0.29, 0.717) is 41.0 Å². The summed E-state index contributed by atoms with van der Waals surface area (Å²) in [6.45, 7) is 2.55. The fourth-order valence-corrected chi connectivity index (χ4v) is 2.60. The molecule has 22 heavy (non-hydrogen) atoms. The second kappa shape index (κ2) is 6.56. The Morgan fingerprint density at radius 2 is 2.09 bits per heavy atom. The maximum atomic E-state index is 12.3. The first-order chi connectivity index (χ1) is 10.4. The number of hydrogen-bond acceptors (Lipinski definition) is 4. The van der Waals surface area contributed by atoms with E-state index in [-0.39, 0.29) is 5.91 Å². The van der Waals surface area contributed by atoms with Gasteiger partial charge in [-0.2, -0.15) is 0 Å². The van der Waals surface area contributed by atoms with Crippen LogP contribution in [-0.4, -0.2) is 31.1 Å². The highest BCUT2D eigenvalue weighted by atomic mass is 79.9. The van der Waals surface area contributed by atoms with Crippen molar-refractivity contribution in [2.75, 3.05) is 13.7 Å². The SMILES string of the molecule is CCCOc1c(Br)cc(C(=O)NC2(C(N)=O)CC2)cc1OC. The molecule has 1 fully saturated rings. The van der Waals surface area contributed by atoms with Gasteiger partial charge in [0, 0.05) is 5.56 Å². The molecule has 3 N–H and O–H groups in total. The van der Waals surface area contributed by atoms with Crippen LogP contribution in [0.5, 0.6) is 11.5 Å². The van der Waals surface area contributed by atoms with Gasteiger partial charge < -0.3 is 20.5 Å². The molecule has 0 atom stereocenters. The number of carbonyl (C=O) groups is 2. The van der Waals surface area contributed by atoms with Crippen molar-refractivity contribution in [2.45, 2.75) is 31.7 Å². The van der Waals surface area contributed by atoms with Crippen molar-refractivity contribution in [2.24, 2.45) is 5.73 Å². The van der Waals surface area contributed by atoms with Crippen LogP contribution in [0.2, 0.25) is 0 Å². The lowest BCUT2D eigenvalue weighted by Gasteiger charge is -2.16. The normalized spacial score (nSPS) is 15.0. The van der Waals surface area contributed by atoms with E-state index in [4.69, 9.17) is 15.2 Å². The fraction of sp³-hybridized carbons (Fsp3) is 0.467. The van der Waals surface area contributed by atoms with E-state index in [2.05, 4.69) is 21.2 Å². The summed E-state index contributed by atoms with van der Waals surface area (Å²) < 4.78 is 11.5. The minimum absolute atomic E-state index is 0.364. The first-order valence-electron chi connectivity index (χ1n) is 7.06. The van der Waals surface area contributed by atoms with Crippen LogP contribution in [0.3, 0.4) is 0 Å². The molecule has 0 heterocycles. The van der Waals surface area contributed by atoms with Gasteiger partial charge in [-0.3, -0.25) is 9.59 Å². The molecule has 120 valence electrons. The van der Waals surface area contributed by atoms with Crippen LogP contribution in [0.15, 0.2) is 16.6 Å². The third-order valence-corrected chi connectivity index (χ3v) is 4.11. The number of ether oxygens (including phenoxy) is 2. The van der Waals surface area contributed by atoms with Gasteiger partial charge in [-0.25, -0.2) is 0 Å². The van der Waals surface area contributed by atoms with Crippen molar-refractivity contribution in [3.8, 4) is 11.5 Å². The zero-order valence-corrected chi connectivity index (χ0v) is 14.2. The van der Waals surface area contributed by atoms with Gasteiger partial charge in [-0.05, 0) is 47.3 Å². The Morgan fingerprint density at radius 1 is 1.41 bits per heavy atom. The summed E-state index contributed by atoms with van der Waals surface area (Å²) >= 11 is 3.38. The monoisotopic (exact) mass is 370 g/mol. The van der Waals surface area contributed by atoms with Crippen molar-refractivity contribution in [1.29, 1.82) is 0 Å². The average molecular weight is 371 g/mol. The first-order valence-corrected chi connectivity index (χ1v) is 7.85. The van der Waals surface area contributed by atoms with E-state index in [1.165, 1.54) is 7.11 Å². The summed E-state index contributed by atoms with van der Waals surface area (Å²) in [6.07, 6.45) is 2.01. The number of methoxy groups -OCH3 is 1. The molecule has 1 aliphatic rings. The van der Waals surface area contributed by atoms with Crippen molar-refractivity contribution >= 4 is 27.7 Å². The average Bonchev–Trinajstić information content (AvgIpc) is 3.26. The van der Waals surface area contributed by atoms with Gasteiger partial charge in [0.15, 0.2) is 11.5 Å². The minimum Gasteiger partial charge on any atom is -0.493 e. The van der Waals surface area contributed by atoms with Crippen LogP contribution in [-0.2, 0) is 4.79 Å². The van der Waals surface area contributed by atoms with Crippen molar-refractivity contribution in [3.05, 3.63) is 22.2 Å². The zero-order chi connectivity index (χ0) is 16.3. The number of rotatable bonds is 7. The number of primary amides is 1. The van der Waals surface area contributed by atoms with Crippen molar-refractivity contribution in [1.82, 2.24) is 5.32 Å². The van der Waals surface area contributed by atoms with Gasteiger partial charge in [0.25, 0.3) is 5.91 Å². The lowest BCUT2D eigenvalue weighted by atomic mass is 10.1. The highest BCUT2D eigenvalue weighted by Gasteiger charge is 2.50. The second-order valence-corrected chi connectivity index (χ2v) is 6.09. The molecule has 1 aromatic rings. The number of benzene rings is 1. The van der Waals surface area contributed by atoms with Crippen LogP contribution in [0, 0.1) is 0 Å². The van der Waals surface area contributed by atoms with Gasteiger partial charge in [0.2, 0.25) is 5.91 Å². The van der Waals surface area contributed by atoms with E-state index >= 15 is 0 Å². The van der Waals surface area contributed by atoms with Gasteiger partial charge in [-0.1, -0.05) is 6.92 Å². The van der Waals surface area contributed by atoms with Crippen LogP contribution in [0.4, 0.5) is 0 Å². The predicted molar refractivity (Wildman–Crippen MR) is 85.1 cm³/mol. The number of amides is 2. The van der Waals surface area contributed by atoms with Crippen molar-refractivity contribution in [3.63, 3.8) is 0 Å². The molecule has 2 amide bonds. The summed E-state index contributed by atoms with van der Waals surface area (Å²) in [5.41, 5.74) is 4.80. The predicted octanol–water partition coefficient (Wildman–Crippen LogP) is 1.99. The fourth-order valence-electron chi connectivity index (χ4n) is 2.04.